The molecular weight excluding hydrogens is 542 g/mol. The first-order chi connectivity index (χ1) is 18.8. The highest BCUT2D eigenvalue weighted by atomic mass is 35.5. The number of rotatable bonds is 10. The van der Waals surface area contributed by atoms with E-state index in [2.05, 4.69) is 10.6 Å². The van der Waals surface area contributed by atoms with Crippen molar-refractivity contribution in [2.45, 2.75) is 6.92 Å². The molecule has 4 amide bonds. The Morgan fingerprint density at radius 2 is 1.64 bits per heavy atom. The Hall–Kier alpha value is -4.28. The Kier molecular flexibility index (Phi) is 9.24. The van der Waals surface area contributed by atoms with Crippen LogP contribution in [0, 0.1) is 0 Å². The normalized spacial score (nSPS) is 13.9. The van der Waals surface area contributed by atoms with Gasteiger partial charge in [0.05, 0.1) is 11.5 Å². The van der Waals surface area contributed by atoms with Crippen LogP contribution in [-0.2, 0) is 14.4 Å². The van der Waals surface area contributed by atoms with Gasteiger partial charge in [-0.3, -0.25) is 24.1 Å². The summed E-state index contributed by atoms with van der Waals surface area (Å²) in [7, 11) is 0. The average molecular weight is 566 g/mol. The van der Waals surface area contributed by atoms with E-state index in [1.807, 2.05) is 6.07 Å². The van der Waals surface area contributed by atoms with Crippen molar-refractivity contribution < 1.29 is 28.7 Å². The molecule has 200 valence electrons. The van der Waals surface area contributed by atoms with Crippen molar-refractivity contribution in [1.29, 1.82) is 0 Å². The van der Waals surface area contributed by atoms with E-state index in [1.165, 1.54) is 6.08 Å². The van der Waals surface area contributed by atoms with Crippen molar-refractivity contribution in [3.8, 4) is 11.5 Å². The summed E-state index contributed by atoms with van der Waals surface area (Å²) in [5, 5.41) is 5.32. The molecule has 39 heavy (non-hydrogen) atoms. The predicted molar refractivity (Wildman–Crippen MR) is 151 cm³/mol. The number of carbonyl (C=O) groups excluding carboxylic acids is 4. The van der Waals surface area contributed by atoms with Crippen molar-refractivity contribution in [1.82, 2.24) is 4.90 Å². The molecule has 4 rings (SSSR count). The van der Waals surface area contributed by atoms with Gasteiger partial charge in [0.15, 0.2) is 18.1 Å². The van der Waals surface area contributed by atoms with Crippen LogP contribution in [0.25, 0.3) is 6.08 Å². The van der Waals surface area contributed by atoms with Gasteiger partial charge < -0.3 is 20.1 Å². The lowest BCUT2D eigenvalue weighted by Gasteiger charge is -2.13. The van der Waals surface area contributed by atoms with Gasteiger partial charge in [-0.2, -0.15) is 0 Å². The van der Waals surface area contributed by atoms with Crippen LogP contribution in [0.3, 0.4) is 0 Å². The molecule has 2 N–H and O–H groups in total. The van der Waals surface area contributed by atoms with Crippen LogP contribution in [0.4, 0.5) is 16.2 Å². The fourth-order valence-electron chi connectivity index (χ4n) is 3.56. The minimum Gasteiger partial charge on any atom is -0.490 e. The maximum absolute atomic E-state index is 12.9. The number of anilines is 2. The molecule has 0 atom stereocenters. The molecule has 0 spiro atoms. The fourth-order valence-corrected chi connectivity index (χ4v) is 4.59. The summed E-state index contributed by atoms with van der Waals surface area (Å²) in [6, 6.07) is 20.4. The van der Waals surface area contributed by atoms with Gasteiger partial charge >= 0.3 is 0 Å². The SMILES string of the molecule is CCOc1cc(/C=C2/SC(=O)N(CC(=O)Nc3ccccc3)C2=O)ccc1OCC(=O)Nc1cccc(Cl)c1. The monoisotopic (exact) mass is 565 g/mol. The van der Waals surface area contributed by atoms with Gasteiger partial charge in [0, 0.05) is 16.4 Å². The van der Waals surface area contributed by atoms with E-state index in [1.54, 1.807) is 73.7 Å². The molecule has 3 aromatic rings. The van der Waals surface area contributed by atoms with Crippen LogP contribution in [-0.4, -0.2) is 47.6 Å². The molecule has 1 aliphatic heterocycles. The number of hydrogen-bond acceptors (Lipinski definition) is 7. The van der Waals surface area contributed by atoms with Crippen molar-refractivity contribution in [3.63, 3.8) is 0 Å². The lowest BCUT2D eigenvalue weighted by Crippen LogP contribution is -2.36. The third kappa shape index (κ3) is 7.62. The van der Waals surface area contributed by atoms with Crippen molar-refractivity contribution in [2.75, 3.05) is 30.4 Å². The lowest BCUT2D eigenvalue weighted by molar-refractivity contribution is -0.127. The molecule has 11 heteroatoms. The number of carbonyl (C=O) groups is 4. The summed E-state index contributed by atoms with van der Waals surface area (Å²) in [6.07, 6.45) is 1.54. The molecular formula is C28H24ClN3O6S. The quantitative estimate of drug-likeness (QED) is 0.315. The van der Waals surface area contributed by atoms with Gasteiger partial charge in [-0.05, 0) is 72.8 Å². The van der Waals surface area contributed by atoms with Crippen molar-refractivity contribution in [2.24, 2.45) is 0 Å². The van der Waals surface area contributed by atoms with Gasteiger partial charge in [0.1, 0.15) is 6.54 Å². The molecule has 0 saturated carbocycles. The highest BCUT2D eigenvalue weighted by Gasteiger charge is 2.36. The largest absolute Gasteiger partial charge is 0.490 e. The van der Waals surface area contributed by atoms with E-state index in [9.17, 15) is 19.2 Å². The van der Waals surface area contributed by atoms with Gasteiger partial charge in [-0.1, -0.05) is 41.9 Å². The Morgan fingerprint density at radius 3 is 2.38 bits per heavy atom. The Bertz CT molecular complexity index is 1430. The number of benzene rings is 3. The summed E-state index contributed by atoms with van der Waals surface area (Å²) in [5.41, 5.74) is 1.69. The van der Waals surface area contributed by atoms with Crippen molar-refractivity contribution >= 4 is 63.8 Å². The van der Waals surface area contributed by atoms with Gasteiger partial charge in [0.2, 0.25) is 5.91 Å². The molecule has 3 aromatic carbocycles. The molecule has 1 saturated heterocycles. The average Bonchev–Trinajstić information content (AvgIpc) is 3.16. The predicted octanol–water partition coefficient (Wildman–Crippen LogP) is 5.43. The lowest BCUT2D eigenvalue weighted by atomic mass is 10.2. The van der Waals surface area contributed by atoms with Crippen LogP contribution in [0.1, 0.15) is 12.5 Å². The second kappa shape index (κ2) is 13.0. The molecule has 0 aliphatic carbocycles. The number of amides is 4. The van der Waals surface area contributed by atoms with E-state index in [4.69, 9.17) is 21.1 Å². The van der Waals surface area contributed by atoms with E-state index >= 15 is 0 Å². The number of nitrogens with zero attached hydrogens (tertiary/aromatic N) is 1. The van der Waals surface area contributed by atoms with Gasteiger partial charge in [-0.15, -0.1) is 0 Å². The highest BCUT2D eigenvalue weighted by molar-refractivity contribution is 8.18. The number of hydrogen-bond donors (Lipinski definition) is 2. The first kappa shape index (κ1) is 27.7. The molecule has 1 fully saturated rings. The van der Waals surface area contributed by atoms with Gasteiger partial charge in [0.25, 0.3) is 17.1 Å². The van der Waals surface area contributed by atoms with E-state index < -0.39 is 23.6 Å². The topological polar surface area (TPSA) is 114 Å². The summed E-state index contributed by atoms with van der Waals surface area (Å²) in [4.78, 5) is 51.0. The van der Waals surface area contributed by atoms with Crippen LogP contribution < -0.4 is 20.1 Å². The third-order valence-electron chi connectivity index (χ3n) is 5.27. The molecule has 0 bridgehead atoms. The Labute approximate surface area is 234 Å². The van der Waals surface area contributed by atoms with Crippen molar-refractivity contribution in [3.05, 3.63) is 88.3 Å². The number of imide groups is 1. The second-order valence-electron chi connectivity index (χ2n) is 8.17. The zero-order valence-corrected chi connectivity index (χ0v) is 22.4. The first-order valence-corrected chi connectivity index (χ1v) is 13.1. The standard InChI is InChI=1S/C28H24ClN3O6S/c1-2-37-23-13-18(11-12-22(23)38-17-26(34)31-21-10-6-7-19(29)15-21)14-24-27(35)32(28(36)39-24)16-25(33)30-20-8-4-3-5-9-20/h3-15H,2,16-17H2,1H3,(H,30,33)(H,31,34)/b24-14+. The van der Waals surface area contributed by atoms with Crippen LogP contribution in [0.5, 0.6) is 11.5 Å². The molecule has 1 heterocycles. The van der Waals surface area contributed by atoms with Gasteiger partial charge in [-0.25, -0.2) is 0 Å². The summed E-state index contributed by atoms with van der Waals surface area (Å²) in [5.74, 6) is -0.730. The summed E-state index contributed by atoms with van der Waals surface area (Å²) < 4.78 is 11.3. The maximum Gasteiger partial charge on any atom is 0.294 e. The number of nitrogens with one attached hydrogen (secondary N) is 2. The van der Waals surface area contributed by atoms with E-state index in [0.29, 0.717) is 40.1 Å². The van der Waals surface area contributed by atoms with Crippen LogP contribution >= 0.6 is 23.4 Å². The smallest absolute Gasteiger partial charge is 0.294 e. The molecule has 0 radical (unpaired) electrons. The molecule has 0 unspecified atom stereocenters. The minimum atomic E-state index is -0.566. The number of thioether (sulfide) groups is 1. The zero-order chi connectivity index (χ0) is 27.8. The molecule has 1 aliphatic rings. The highest BCUT2D eigenvalue weighted by Crippen LogP contribution is 2.34. The number of ether oxygens (including phenoxy) is 2. The third-order valence-corrected chi connectivity index (χ3v) is 6.41. The Morgan fingerprint density at radius 1 is 0.897 bits per heavy atom. The summed E-state index contributed by atoms with van der Waals surface area (Å²) in [6.45, 7) is 1.47. The van der Waals surface area contributed by atoms with Crippen LogP contribution in [0.2, 0.25) is 5.02 Å². The minimum absolute atomic E-state index is 0.171. The number of halogens is 1. The Balaban J connectivity index is 1.40. The maximum atomic E-state index is 12.9. The molecule has 9 nitrogen and oxygen atoms in total. The zero-order valence-electron chi connectivity index (χ0n) is 20.8. The first-order valence-electron chi connectivity index (χ1n) is 11.9. The summed E-state index contributed by atoms with van der Waals surface area (Å²) >= 11 is 6.69. The van der Waals surface area contributed by atoms with E-state index in [-0.39, 0.29) is 17.4 Å². The molecule has 0 aromatic heterocycles. The second-order valence-corrected chi connectivity index (χ2v) is 9.60. The fraction of sp³-hybridized carbons (Fsp3) is 0.143. The van der Waals surface area contributed by atoms with Crippen LogP contribution in [0.15, 0.2) is 77.7 Å². The number of para-hydroxylation sites is 1. The van der Waals surface area contributed by atoms with E-state index in [0.717, 1.165) is 16.7 Å².